The molecule has 0 spiro atoms. The first-order valence-corrected chi connectivity index (χ1v) is 18.9. The van der Waals surface area contributed by atoms with Crippen LogP contribution in [0.2, 0.25) is 10.0 Å². The van der Waals surface area contributed by atoms with Gasteiger partial charge in [-0.1, -0.05) is 35.3 Å². The van der Waals surface area contributed by atoms with Crippen molar-refractivity contribution >= 4 is 40.7 Å². The van der Waals surface area contributed by atoms with Gasteiger partial charge in [0.25, 0.3) is 5.91 Å². The molecule has 3 atom stereocenters. The highest BCUT2D eigenvalue weighted by atomic mass is 35.5. The van der Waals surface area contributed by atoms with Gasteiger partial charge in [-0.3, -0.25) is 29.5 Å². The summed E-state index contributed by atoms with van der Waals surface area (Å²) < 4.78 is 0. The Morgan fingerprint density at radius 2 is 1.26 bits per heavy atom. The summed E-state index contributed by atoms with van der Waals surface area (Å²) in [6.07, 6.45) is 10.2. The van der Waals surface area contributed by atoms with Crippen LogP contribution in [0.1, 0.15) is 22.3 Å². The zero-order chi connectivity index (χ0) is 36.8. The zero-order valence-corrected chi connectivity index (χ0v) is 31.2. The maximum atomic E-state index is 13.2. The van der Waals surface area contributed by atoms with Gasteiger partial charge in [0.2, 0.25) is 0 Å². The lowest BCUT2D eigenvalue weighted by molar-refractivity contribution is -0.131. The van der Waals surface area contributed by atoms with E-state index in [1.165, 1.54) is 5.56 Å². The number of carbonyl (C=O) groups excluding carboxylic acids is 1. The first kappa shape index (κ1) is 37.4. The second-order valence-corrected chi connectivity index (χ2v) is 14.8. The Kier molecular flexibility index (Phi) is 12.0. The minimum absolute atomic E-state index is 0.0133. The molecule has 0 bridgehead atoms. The van der Waals surface area contributed by atoms with Crippen molar-refractivity contribution in [3.05, 3.63) is 107 Å². The molecule has 2 aromatic heterocycles. The van der Waals surface area contributed by atoms with Crippen LogP contribution < -0.4 is 9.80 Å². The van der Waals surface area contributed by atoms with E-state index in [0.717, 1.165) is 62.3 Å². The topological polar surface area (TPSA) is 129 Å². The van der Waals surface area contributed by atoms with Crippen LogP contribution in [-0.2, 0) is 6.54 Å². The third-order valence-electron chi connectivity index (χ3n) is 10.7. The number of amides is 1. The van der Waals surface area contributed by atoms with E-state index < -0.39 is 11.8 Å². The van der Waals surface area contributed by atoms with Crippen LogP contribution in [0.4, 0.5) is 11.6 Å². The van der Waals surface area contributed by atoms with Crippen molar-refractivity contribution in [3.63, 3.8) is 0 Å². The van der Waals surface area contributed by atoms with Crippen LogP contribution >= 0.6 is 23.2 Å². The monoisotopic (exact) mass is 760 g/mol. The van der Waals surface area contributed by atoms with E-state index in [-0.39, 0.29) is 12.0 Å². The standard InChI is InChI=1S/C30H35Cl2N7O2.C8H11N3O/c31-25-5-1-23(2-6-25)20-35-11-15-38(16-12-35)30(22-37(21-27(30)40)28-19-33-9-10-34-28)39-17-13-36(14-18-39)29(41)24-3-7-26(32)8-4-24;12-7-1-4-11(6-7)8-5-9-2-3-10-8/h1-10,19,27,40H,11-18,20-22H2;2-3,5,7,12H,1,4,6H2. The summed E-state index contributed by atoms with van der Waals surface area (Å²) in [6, 6.07) is 15.1. The summed E-state index contributed by atoms with van der Waals surface area (Å²) in [5, 5.41) is 22.4. The number of carbonyl (C=O) groups is 1. The lowest BCUT2D eigenvalue weighted by atomic mass is 9.98. The van der Waals surface area contributed by atoms with Crippen LogP contribution in [0.5, 0.6) is 0 Å². The van der Waals surface area contributed by atoms with Gasteiger partial charge >= 0.3 is 0 Å². The van der Waals surface area contributed by atoms with Crippen molar-refractivity contribution in [1.29, 1.82) is 0 Å². The smallest absolute Gasteiger partial charge is 0.253 e. The summed E-state index contributed by atoms with van der Waals surface area (Å²) >= 11 is 12.1. The molecule has 2 N–H and O–H groups in total. The van der Waals surface area contributed by atoms with Crippen LogP contribution in [-0.4, -0.2) is 152 Å². The third kappa shape index (κ3) is 8.73. The Morgan fingerprint density at radius 3 is 1.81 bits per heavy atom. The Balaban J connectivity index is 0.000000306. The fraction of sp³-hybridized carbons (Fsp3) is 0.447. The van der Waals surface area contributed by atoms with Gasteiger partial charge in [-0.2, -0.15) is 0 Å². The van der Waals surface area contributed by atoms with Crippen molar-refractivity contribution in [2.45, 2.75) is 30.8 Å². The number of aliphatic hydroxyl groups is 2. The molecule has 4 aliphatic heterocycles. The maximum Gasteiger partial charge on any atom is 0.253 e. The van der Waals surface area contributed by atoms with Gasteiger partial charge < -0.3 is 24.9 Å². The Hall–Kier alpha value is -3.95. The number of hydrogen-bond acceptors (Lipinski definition) is 12. The van der Waals surface area contributed by atoms with Gasteiger partial charge in [0.05, 0.1) is 25.0 Å². The van der Waals surface area contributed by atoms with Crippen LogP contribution in [0, 0.1) is 0 Å². The van der Waals surface area contributed by atoms with E-state index in [1.807, 2.05) is 21.9 Å². The molecule has 2 aromatic carbocycles. The summed E-state index contributed by atoms with van der Waals surface area (Å²) in [7, 11) is 0. The van der Waals surface area contributed by atoms with E-state index in [1.54, 1.807) is 61.4 Å². The minimum atomic E-state index is -0.606. The first-order chi connectivity index (χ1) is 25.8. The number of piperazine rings is 2. The molecule has 15 heteroatoms. The van der Waals surface area contributed by atoms with Crippen molar-refractivity contribution in [2.24, 2.45) is 0 Å². The number of hydrogen-bond donors (Lipinski definition) is 2. The van der Waals surface area contributed by atoms with Crippen LogP contribution in [0.15, 0.2) is 85.7 Å². The molecule has 8 rings (SSSR count). The molecule has 0 radical (unpaired) electrons. The lowest BCUT2D eigenvalue weighted by Crippen LogP contribution is -2.72. The second kappa shape index (κ2) is 17.0. The van der Waals surface area contributed by atoms with Crippen LogP contribution in [0.25, 0.3) is 0 Å². The van der Waals surface area contributed by atoms with E-state index >= 15 is 0 Å². The van der Waals surface area contributed by atoms with Gasteiger partial charge in [-0.15, -0.1) is 0 Å². The SMILES string of the molecule is O=C(c1ccc(Cl)cc1)N1CCN(C2(N3CCN(Cc4ccc(Cl)cc4)CC3)CN(c3cnccn3)CC2O)CC1.OC1CCN(c2cnccn2)C1. The Morgan fingerprint density at radius 1 is 0.698 bits per heavy atom. The number of rotatable bonds is 7. The molecule has 0 aliphatic carbocycles. The fourth-order valence-electron chi connectivity index (χ4n) is 7.87. The fourth-order valence-corrected chi connectivity index (χ4v) is 8.13. The van der Waals surface area contributed by atoms with Crippen LogP contribution in [0.3, 0.4) is 0 Å². The molecule has 3 unspecified atom stereocenters. The maximum absolute atomic E-state index is 13.2. The average Bonchev–Trinajstić information content (AvgIpc) is 3.80. The number of benzene rings is 2. The van der Waals surface area contributed by atoms with Crippen molar-refractivity contribution in [2.75, 3.05) is 88.3 Å². The predicted molar refractivity (Wildman–Crippen MR) is 205 cm³/mol. The Labute approximate surface area is 320 Å². The van der Waals surface area contributed by atoms with Gasteiger partial charge in [0.15, 0.2) is 0 Å². The molecule has 53 heavy (non-hydrogen) atoms. The third-order valence-corrected chi connectivity index (χ3v) is 11.2. The average molecular weight is 762 g/mol. The van der Waals surface area contributed by atoms with Crippen molar-refractivity contribution in [1.82, 2.24) is 39.5 Å². The van der Waals surface area contributed by atoms with Gasteiger partial charge in [-0.05, 0) is 48.4 Å². The van der Waals surface area contributed by atoms with Crippen molar-refractivity contribution < 1.29 is 15.0 Å². The first-order valence-electron chi connectivity index (χ1n) is 18.2. The van der Waals surface area contributed by atoms with Crippen molar-refractivity contribution in [3.8, 4) is 0 Å². The molecule has 13 nitrogen and oxygen atoms in total. The molecular weight excluding hydrogens is 715 g/mol. The summed E-state index contributed by atoms with van der Waals surface area (Å²) in [4.78, 5) is 43.5. The molecule has 4 aromatic rings. The number of anilines is 2. The number of aromatic nitrogens is 4. The zero-order valence-electron chi connectivity index (χ0n) is 29.7. The normalized spacial score (nSPS) is 24.3. The van der Waals surface area contributed by atoms with Gasteiger partial charge in [0, 0.05) is 119 Å². The largest absolute Gasteiger partial charge is 0.391 e. The molecular formula is C38H46Cl2N10O3. The van der Waals surface area contributed by atoms with Gasteiger partial charge in [0.1, 0.15) is 23.4 Å². The summed E-state index contributed by atoms with van der Waals surface area (Å²) in [5.74, 6) is 1.64. The van der Waals surface area contributed by atoms with Gasteiger partial charge in [-0.25, -0.2) is 9.97 Å². The number of nitrogens with zero attached hydrogens (tertiary/aromatic N) is 10. The quantitative estimate of drug-likeness (QED) is 0.288. The highest BCUT2D eigenvalue weighted by Gasteiger charge is 2.55. The molecule has 4 saturated heterocycles. The van der Waals surface area contributed by atoms with E-state index in [9.17, 15) is 15.0 Å². The molecule has 280 valence electrons. The van der Waals surface area contributed by atoms with E-state index in [0.29, 0.717) is 56.4 Å². The summed E-state index contributed by atoms with van der Waals surface area (Å²) in [6.45, 7) is 9.54. The molecule has 4 aliphatic rings. The van der Waals surface area contributed by atoms with E-state index in [4.69, 9.17) is 23.2 Å². The molecule has 4 fully saturated rings. The number of aliphatic hydroxyl groups excluding tert-OH is 2. The number of halogens is 2. The number of β-amino-alcohol motifs (C(OH)–C–C–N with tert-alkyl or cyclic N) is 2. The predicted octanol–water partition coefficient (Wildman–Crippen LogP) is 2.98. The second-order valence-electron chi connectivity index (χ2n) is 14.0. The minimum Gasteiger partial charge on any atom is -0.391 e. The molecule has 1 amide bonds. The lowest BCUT2D eigenvalue weighted by Gasteiger charge is -2.54. The summed E-state index contributed by atoms with van der Waals surface area (Å²) in [5.41, 5.74) is 1.30. The highest BCUT2D eigenvalue weighted by Crippen LogP contribution is 2.36. The molecule has 0 saturated carbocycles. The Bertz CT molecular complexity index is 1760. The molecule has 6 heterocycles. The highest BCUT2D eigenvalue weighted by molar-refractivity contribution is 6.30. The van der Waals surface area contributed by atoms with E-state index in [2.05, 4.69) is 51.7 Å².